The Balaban J connectivity index is 4.07. The molecule has 0 fully saturated rings. The lowest BCUT2D eigenvalue weighted by Gasteiger charge is -2.28. The van der Waals surface area contributed by atoms with Crippen molar-refractivity contribution in [2.45, 2.75) is 64.5 Å². The highest BCUT2D eigenvalue weighted by atomic mass is 32.1. The molecule has 0 saturated heterocycles. The highest BCUT2D eigenvalue weighted by Gasteiger charge is 2.27. The summed E-state index contributed by atoms with van der Waals surface area (Å²) in [5.41, 5.74) is 5.23. The molecule has 0 aromatic rings. The fourth-order valence-corrected chi connectivity index (χ4v) is 1.73. The van der Waals surface area contributed by atoms with E-state index in [0.717, 1.165) is 44.9 Å². The van der Waals surface area contributed by atoms with Crippen molar-refractivity contribution in [3.8, 4) is 0 Å². The van der Waals surface area contributed by atoms with Gasteiger partial charge in [-0.15, -0.1) is 0 Å². The van der Waals surface area contributed by atoms with Crippen LogP contribution in [-0.4, -0.2) is 11.0 Å². The van der Waals surface area contributed by atoms with Crippen molar-refractivity contribution in [3.05, 3.63) is 0 Å². The van der Waals surface area contributed by atoms with Crippen LogP contribution in [0.1, 0.15) is 58.8 Å². The van der Waals surface area contributed by atoms with E-state index in [-0.39, 0.29) is 0 Å². The maximum absolute atomic E-state index is 10.8. The molecule has 0 spiro atoms. The van der Waals surface area contributed by atoms with Gasteiger partial charge in [-0.3, -0.25) is 5.73 Å². The number of hydrogen-bond acceptors (Lipinski definition) is 3. The van der Waals surface area contributed by atoms with Gasteiger partial charge in [-0.05, 0) is 12.8 Å². The summed E-state index contributed by atoms with van der Waals surface area (Å²) in [7, 11) is 0. The fourth-order valence-electron chi connectivity index (χ4n) is 1.55. The van der Waals surface area contributed by atoms with Crippen molar-refractivity contribution in [3.63, 3.8) is 0 Å². The molecule has 1 atom stereocenters. The molecule has 0 heterocycles. The molecule has 15 heavy (non-hydrogen) atoms. The summed E-state index contributed by atoms with van der Waals surface area (Å²) in [6.07, 6.45) is 6.73. The summed E-state index contributed by atoms with van der Waals surface area (Å²) >= 11 is 3.62. The van der Waals surface area contributed by atoms with E-state index in [1.807, 2.05) is 0 Å². The summed E-state index contributed by atoms with van der Waals surface area (Å²) in [4.78, 5) is 10.8. The van der Waals surface area contributed by atoms with Crippen LogP contribution >= 0.6 is 12.6 Å². The summed E-state index contributed by atoms with van der Waals surface area (Å²) in [6, 6.07) is 0. The number of ether oxygens (including phenoxy) is 1. The number of unbranched alkanes of at least 4 members (excludes halogenated alkanes) is 3. The first-order valence-corrected chi connectivity index (χ1v) is 6.19. The molecule has 0 amide bonds. The molecule has 0 rings (SSSR count). The van der Waals surface area contributed by atoms with Crippen molar-refractivity contribution in [2.75, 3.05) is 0 Å². The van der Waals surface area contributed by atoms with Crippen LogP contribution in [0, 0.1) is 0 Å². The van der Waals surface area contributed by atoms with E-state index in [9.17, 15) is 4.79 Å². The van der Waals surface area contributed by atoms with Gasteiger partial charge in [0, 0.05) is 12.8 Å². The van der Waals surface area contributed by atoms with Crippen LogP contribution in [0.15, 0.2) is 0 Å². The third-order valence-electron chi connectivity index (χ3n) is 2.45. The molecule has 0 aromatic carbocycles. The molecular weight excluding hydrogens is 210 g/mol. The summed E-state index contributed by atoms with van der Waals surface area (Å²) in [5, 5.41) is -0.579. The lowest BCUT2D eigenvalue weighted by Crippen LogP contribution is -2.43. The quantitative estimate of drug-likeness (QED) is 0.292. The van der Waals surface area contributed by atoms with Gasteiger partial charge in [-0.2, -0.15) is 0 Å². The molecule has 3 nitrogen and oxygen atoms in total. The van der Waals surface area contributed by atoms with Gasteiger partial charge in [0.2, 0.25) is 0 Å². The minimum absolute atomic E-state index is 0.579. The van der Waals surface area contributed by atoms with E-state index >= 15 is 0 Å². The first-order valence-electron chi connectivity index (χ1n) is 5.75. The van der Waals surface area contributed by atoms with E-state index in [2.05, 4.69) is 26.5 Å². The summed E-state index contributed by atoms with van der Waals surface area (Å²) in [5.74, 6) is 0. The average molecular weight is 233 g/mol. The predicted octanol–water partition coefficient (Wildman–Crippen LogP) is 3.48. The molecule has 0 bridgehead atoms. The van der Waals surface area contributed by atoms with Crippen LogP contribution in [-0.2, 0) is 4.74 Å². The van der Waals surface area contributed by atoms with Crippen molar-refractivity contribution in [1.82, 2.24) is 0 Å². The number of carbonyl (C=O) groups is 1. The number of nitrogens with two attached hydrogens (primary N) is 1. The zero-order valence-electron chi connectivity index (χ0n) is 9.79. The summed E-state index contributed by atoms with van der Waals surface area (Å²) in [6.45, 7) is 4.23. The van der Waals surface area contributed by atoms with Gasteiger partial charge in [-0.25, -0.2) is 4.79 Å². The largest absolute Gasteiger partial charge is 0.436 e. The topological polar surface area (TPSA) is 52.3 Å². The van der Waals surface area contributed by atoms with Gasteiger partial charge in [-0.1, -0.05) is 45.7 Å². The van der Waals surface area contributed by atoms with Crippen LogP contribution in [0.3, 0.4) is 0 Å². The second-order valence-electron chi connectivity index (χ2n) is 3.99. The summed E-state index contributed by atoms with van der Waals surface area (Å²) < 4.78 is 5.09. The number of thiol groups is 1. The molecule has 0 aliphatic carbocycles. The van der Waals surface area contributed by atoms with Gasteiger partial charge in [0.05, 0.1) is 0 Å². The zero-order chi connectivity index (χ0) is 11.7. The lowest BCUT2D eigenvalue weighted by atomic mass is 9.99. The van der Waals surface area contributed by atoms with Gasteiger partial charge in [0.1, 0.15) is 0 Å². The maximum atomic E-state index is 10.8. The van der Waals surface area contributed by atoms with Crippen LogP contribution in [0.5, 0.6) is 0 Å². The Labute approximate surface area is 98.2 Å². The smallest absolute Gasteiger partial charge is 0.365 e. The first-order chi connectivity index (χ1) is 7.04. The van der Waals surface area contributed by atoms with Gasteiger partial charge in [0.15, 0.2) is 5.72 Å². The lowest BCUT2D eigenvalue weighted by molar-refractivity contribution is 0.0148. The van der Waals surface area contributed by atoms with E-state index in [4.69, 9.17) is 10.5 Å². The van der Waals surface area contributed by atoms with E-state index in [0.29, 0.717) is 0 Å². The Kier molecular flexibility index (Phi) is 7.88. The van der Waals surface area contributed by atoms with Crippen molar-refractivity contribution in [1.29, 1.82) is 0 Å². The van der Waals surface area contributed by atoms with Crippen LogP contribution in [0.2, 0.25) is 0 Å². The van der Waals surface area contributed by atoms with Crippen LogP contribution in [0.25, 0.3) is 0 Å². The van der Waals surface area contributed by atoms with E-state index in [1.54, 1.807) is 0 Å². The van der Waals surface area contributed by atoms with Crippen LogP contribution < -0.4 is 5.73 Å². The van der Waals surface area contributed by atoms with Gasteiger partial charge in [0.25, 0.3) is 0 Å². The number of carbonyl (C=O) groups excluding carboxylic acids is 1. The fraction of sp³-hybridized carbons (Fsp3) is 0.909. The second-order valence-corrected chi connectivity index (χ2v) is 4.36. The molecule has 0 aliphatic heterocycles. The molecule has 0 radical (unpaired) electrons. The third-order valence-corrected chi connectivity index (χ3v) is 2.54. The number of rotatable bonds is 8. The monoisotopic (exact) mass is 233 g/mol. The van der Waals surface area contributed by atoms with Crippen LogP contribution in [0.4, 0.5) is 4.79 Å². The predicted molar refractivity (Wildman–Crippen MR) is 66.1 cm³/mol. The Bertz CT molecular complexity index is 187. The van der Waals surface area contributed by atoms with Crippen molar-refractivity contribution < 1.29 is 9.53 Å². The zero-order valence-corrected chi connectivity index (χ0v) is 10.7. The minimum Gasteiger partial charge on any atom is -0.436 e. The van der Waals surface area contributed by atoms with E-state index in [1.165, 1.54) is 0 Å². The Morgan fingerprint density at radius 1 is 1.20 bits per heavy atom. The van der Waals surface area contributed by atoms with E-state index < -0.39 is 11.0 Å². The molecular formula is C11H23NO2S. The Morgan fingerprint density at radius 3 is 2.20 bits per heavy atom. The van der Waals surface area contributed by atoms with Crippen molar-refractivity contribution >= 4 is 17.9 Å². The molecule has 0 aliphatic rings. The van der Waals surface area contributed by atoms with Crippen molar-refractivity contribution in [2.24, 2.45) is 5.73 Å². The second kappa shape index (κ2) is 7.99. The normalized spacial score (nSPS) is 14.7. The standard InChI is InChI=1S/C11H23NO2S/c1-3-5-7-9-11(12,8-6-4-2)14-10(13)15/h3-9,12H2,1-2H3,(H,13,15). The number of hydrogen-bond donors (Lipinski definition) is 2. The average Bonchev–Trinajstić information content (AvgIpc) is 2.14. The SMILES string of the molecule is CCCCCC(N)(CCCC)OC(=O)S. The molecule has 4 heteroatoms. The molecule has 2 N–H and O–H groups in total. The van der Waals surface area contributed by atoms with Gasteiger partial charge >= 0.3 is 5.30 Å². The molecule has 1 unspecified atom stereocenters. The van der Waals surface area contributed by atoms with Gasteiger partial charge < -0.3 is 4.74 Å². The highest BCUT2D eigenvalue weighted by Crippen LogP contribution is 2.21. The molecule has 90 valence electrons. The Morgan fingerprint density at radius 2 is 1.73 bits per heavy atom. The molecule has 0 aromatic heterocycles. The third kappa shape index (κ3) is 7.68. The maximum Gasteiger partial charge on any atom is 0.365 e. The first kappa shape index (κ1) is 14.8. The molecule has 0 saturated carbocycles. The minimum atomic E-state index is -0.802. The Hall–Kier alpha value is -0.220. The highest BCUT2D eigenvalue weighted by molar-refractivity contribution is 7.96.